The van der Waals surface area contributed by atoms with Gasteiger partial charge in [-0.1, -0.05) is 11.6 Å². The van der Waals surface area contributed by atoms with E-state index in [1.165, 1.54) is 0 Å². The van der Waals surface area contributed by atoms with Crippen LogP contribution in [0.4, 0.5) is 5.69 Å². The molecule has 4 N–H and O–H groups in total. The number of nitrogens with zero attached hydrogens (tertiary/aromatic N) is 2. The molecule has 1 aromatic heterocycles. The van der Waals surface area contributed by atoms with E-state index in [1.54, 1.807) is 16.9 Å². The van der Waals surface area contributed by atoms with Crippen LogP contribution >= 0.6 is 11.6 Å². The minimum absolute atomic E-state index is 0.437. The largest absolute Gasteiger partial charge is 0.492 e. The molecule has 0 spiro atoms. The highest BCUT2D eigenvalue weighted by atomic mass is 35.5. The zero-order valence-electron chi connectivity index (χ0n) is 10.1. The maximum Gasteiger partial charge on any atom is 0.128 e. The predicted octanol–water partition coefficient (Wildman–Crippen LogP) is 1.66. The number of benzene rings is 1. The summed E-state index contributed by atoms with van der Waals surface area (Å²) in [5.74, 6) is 0.695. The lowest BCUT2D eigenvalue weighted by molar-refractivity contribution is 0.329. The van der Waals surface area contributed by atoms with Crippen molar-refractivity contribution in [3.05, 3.63) is 29.4 Å². The lowest BCUT2D eigenvalue weighted by atomic mass is 10.1. The maximum absolute atomic E-state index is 6.13. The summed E-state index contributed by atoms with van der Waals surface area (Å²) < 4.78 is 7.28. The summed E-state index contributed by atoms with van der Waals surface area (Å²) >= 11 is 6.13. The molecular formula is C12H15ClN4O. The summed E-state index contributed by atoms with van der Waals surface area (Å²) in [4.78, 5) is 0. The van der Waals surface area contributed by atoms with E-state index in [1.807, 2.05) is 19.2 Å². The first-order chi connectivity index (χ1) is 8.63. The standard InChI is InChI=1S/C12H15ClN4O/c1-17-12(10(13)7-16-17)9-6-8(15)2-3-11(9)18-5-4-14/h2-3,6-7H,4-5,14-15H2,1H3. The number of nitrogens with two attached hydrogens (primary N) is 2. The van der Waals surface area contributed by atoms with Gasteiger partial charge in [-0.2, -0.15) is 5.10 Å². The van der Waals surface area contributed by atoms with Crippen molar-refractivity contribution in [1.29, 1.82) is 0 Å². The lowest BCUT2D eigenvalue weighted by Gasteiger charge is -2.12. The van der Waals surface area contributed by atoms with Crippen molar-refractivity contribution < 1.29 is 4.74 Å². The lowest BCUT2D eigenvalue weighted by Crippen LogP contribution is -2.11. The number of aromatic nitrogens is 2. The fourth-order valence-corrected chi connectivity index (χ4v) is 2.01. The molecule has 2 rings (SSSR count). The Morgan fingerprint density at radius 3 is 2.83 bits per heavy atom. The van der Waals surface area contributed by atoms with Crippen molar-refractivity contribution in [2.45, 2.75) is 0 Å². The molecule has 1 heterocycles. The Bertz CT molecular complexity index is 534. The molecule has 2 aromatic rings. The molecule has 18 heavy (non-hydrogen) atoms. The Kier molecular flexibility index (Phi) is 3.74. The predicted molar refractivity (Wildman–Crippen MR) is 72.6 cm³/mol. The van der Waals surface area contributed by atoms with Crippen LogP contribution in [-0.4, -0.2) is 22.9 Å². The number of halogens is 1. The molecule has 0 radical (unpaired) electrons. The van der Waals surface area contributed by atoms with Crippen LogP contribution in [0.25, 0.3) is 11.3 Å². The van der Waals surface area contributed by atoms with Gasteiger partial charge in [0.25, 0.3) is 0 Å². The van der Waals surface area contributed by atoms with Gasteiger partial charge >= 0.3 is 0 Å². The van der Waals surface area contributed by atoms with E-state index in [4.69, 9.17) is 27.8 Å². The number of hydrogen-bond donors (Lipinski definition) is 2. The normalized spacial score (nSPS) is 10.6. The molecule has 0 amide bonds. The molecule has 6 heteroatoms. The minimum Gasteiger partial charge on any atom is -0.492 e. The van der Waals surface area contributed by atoms with Crippen molar-refractivity contribution >= 4 is 17.3 Å². The van der Waals surface area contributed by atoms with Gasteiger partial charge in [0.1, 0.15) is 12.4 Å². The summed E-state index contributed by atoms with van der Waals surface area (Å²) in [6.07, 6.45) is 1.59. The number of aryl methyl sites for hydroxylation is 1. The Hall–Kier alpha value is -1.72. The number of rotatable bonds is 4. The molecule has 96 valence electrons. The van der Waals surface area contributed by atoms with Gasteiger partial charge in [0.05, 0.1) is 16.9 Å². The first kappa shape index (κ1) is 12.7. The zero-order chi connectivity index (χ0) is 13.1. The molecule has 0 aliphatic carbocycles. The third kappa shape index (κ3) is 2.42. The van der Waals surface area contributed by atoms with Gasteiger partial charge in [-0.25, -0.2) is 0 Å². The van der Waals surface area contributed by atoms with E-state index in [-0.39, 0.29) is 0 Å². The fraction of sp³-hybridized carbons (Fsp3) is 0.250. The Labute approximate surface area is 110 Å². The van der Waals surface area contributed by atoms with E-state index in [0.29, 0.717) is 29.6 Å². The molecule has 0 aliphatic heterocycles. The summed E-state index contributed by atoms with van der Waals surface area (Å²) in [6.45, 7) is 0.884. The zero-order valence-corrected chi connectivity index (χ0v) is 10.8. The fourth-order valence-electron chi connectivity index (χ4n) is 1.74. The second kappa shape index (κ2) is 5.29. The SMILES string of the molecule is Cn1ncc(Cl)c1-c1cc(N)ccc1OCCN. The van der Waals surface area contributed by atoms with Crippen LogP contribution in [0, 0.1) is 0 Å². The van der Waals surface area contributed by atoms with E-state index < -0.39 is 0 Å². The topological polar surface area (TPSA) is 79.1 Å². The highest BCUT2D eigenvalue weighted by molar-refractivity contribution is 6.33. The summed E-state index contributed by atoms with van der Waals surface area (Å²) in [5.41, 5.74) is 13.5. The smallest absolute Gasteiger partial charge is 0.128 e. The number of anilines is 1. The van der Waals surface area contributed by atoms with Gasteiger partial charge in [-0.05, 0) is 18.2 Å². The molecule has 1 aromatic carbocycles. The van der Waals surface area contributed by atoms with Gasteiger partial charge in [0.15, 0.2) is 0 Å². The third-order valence-corrected chi connectivity index (χ3v) is 2.80. The summed E-state index contributed by atoms with van der Waals surface area (Å²) in [6, 6.07) is 5.40. The minimum atomic E-state index is 0.437. The van der Waals surface area contributed by atoms with Gasteiger partial charge in [0.2, 0.25) is 0 Å². The van der Waals surface area contributed by atoms with Crippen LogP contribution in [0.2, 0.25) is 5.02 Å². The number of nitrogen functional groups attached to an aromatic ring is 1. The molecule has 0 unspecified atom stereocenters. The average molecular weight is 267 g/mol. The van der Waals surface area contributed by atoms with Crippen LogP contribution in [0.1, 0.15) is 0 Å². The highest BCUT2D eigenvalue weighted by Gasteiger charge is 2.14. The third-order valence-electron chi connectivity index (χ3n) is 2.53. The maximum atomic E-state index is 6.13. The van der Waals surface area contributed by atoms with Crippen LogP contribution in [0.5, 0.6) is 5.75 Å². The van der Waals surface area contributed by atoms with Crippen molar-refractivity contribution in [2.24, 2.45) is 12.8 Å². The van der Waals surface area contributed by atoms with E-state index in [0.717, 1.165) is 11.3 Å². The Morgan fingerprint density at radius 1 is 1.44 bits per heavy atom. The highest BCUT2D eigenvalue weighted by Crippen LogP contribution is 2.35. The molecule has 5 nitrogen and oxygen atoms in total. The van der Waals surface area contributed by atoms with Crippen molar-refractivity contribution in [3.8, 4) is 17.0 Å². The van der Waals surface area contributed by atoms with E-state index in [2.05, 4.69) is 5.10 Å². The average Bonchev–Trinajstić information content (AvgIpc) is 2.67. The van der Waals surface area contributed by atoms with E-state index >= 15 is 0 Å². The second-order valence-electron chi connectivity index (χ2n) is 3.86. The molecule has 0 atom stereocenters. The first-order valence-corrected chi connectivity index (χ1v) is 5.91. The second-order valence-corrected chi connectivity index (χ2v) is 4.26. The van der Waals surface area contributed by atoms with Crippen LogP contribution in [-0.2, 0) is 7.05 Å². The van der Waals surface area contributed by atoms with Crippen LogP contribution < -0.4 is 16.2 Å². The van der Waals surface area contributed by atoms with Gasteiger partial charge in [-0.15, -0.1) is 0 Å². The summed E-state index contributed by atoms with van der Waals surface area (Å²) in [5, 5.41) is 4.66. The molecule has 0 bridgehead atoms. The van der Waals surface area contributed by atoms with Crippen molar-refractivity contribution in [2.75, 3.05) is 18.9 Å². The number of hydrogen-bond acceptors (Lipinski definition) is 4. The first-order valence-electron chi connectivity index (χ1n) is 5.53. The van der Waals surface area contributed by atoms with Crippen LogP contribution in [0.15, 0.2) is 24.4 Å². The molecule has 0 saturated heterocycles. The van der Waals surface area contributed by atoms with Gasteiger partial charge < -0.3 is 16.2 Å². The van der Waals surface area contributed by atoms with Crippen molar-refractivity contribution in [3.63, 3.8) is 0 Å². The quantitative estimate of drug-likeness (QED) is 0.825. The number of ether oxygens (including phenoxy) is 1. The van der Waals surface area contributed by atoms with Gasteiger partial charge in [-0.3, -0.25) is 4.68 Å². The van der Waals surface area contributed by atoms with Gasteiger partial charge in [0, 0.05) is 24.8 Å². The Balaban J connectivity index is 2.51. The van der Waals surface area contributed by atoms with E-state index in [9.17, 15) is 0 Å². The molecule has 0 fully saturated rings. The van der Waals surface area contributed by atoms with Crippen LogP contribution in [0.3, 0.4) is 0 Å². The molecular weight excluding hydrogens is 252 g/mol. The molecule has 0 aliphatic rings. The molecule has 0 saturated carbocycles. The van der Waals surface area contributed by atoms with Crippen molar-refractivity contribution in [1.82, 2.24) is 9.78 Å². The monoisotopic (exact) mass is 266 g/mol. The summed E-state index contributed by atoms with van der Waals surface area (Å²) in [7, 11) is 1.82. The Morgan fingerprint density at radius 2 is 2.22 bits per heavy atom.